The Morgan fingerprint density at radius 3 is 1.58 bits per heavy atom. The van der Waals surface area contributed by atoms with Crippen LogP contribution in [0.5, 0.6) is 0 Å². The quantitative estimate of drug-likeness (QED) is 0.388. The normalized spacial score (nSPS) is 10.2. The van der Waals surface area contributed by atoms with Gasteiger partial charge in [-0.3, -0.25) is 9.59 Å². The Labute approximate surface area is 113 Å². The molecule has 0 fully saturated rings. The van der Waals surface area contributed by atoms with Crippen molar-refractivity contribution in [3.05, 3.63) is 0 Å². The molecule has 0 aromatic heterocycles. The Bertz CT molecular complexity index is 222. The maximum atomic E-state index is 10.7. The van der Waals surface area contributed by atoms with Crippen LogP contribution in [0.25, 0.3) is 0 Å². The summed E-state index contributed by atoms with van der Waals surface area (Å²) in [5, 5.41) is 3.11. The maximum Gasteiger partial charge on any atom is 0.307 e. The van der Waals surface area contributed by atoms with E-state index in [1.54, 1.807) is 0 Å². The van der Waals surface area contributed by atoms with Crippen LogP contribution < -0.4 is 5.32 Å². The molecule has 7 nitrogen and oxygen atoms in total. The number of carbonyl (C=O) groups is 2. The first-order valence-corrected chi connectivity index (χ1v) is 6.20. The van der Waals surface area contributed by atoms with Crippen molar-refractivity contribution in [2.75, 3.05) is 53.7 Å². The van der Waals surface area contributed by atoms with Crippen LogP contribution in [0, 0.1) is 0 Å². The van der Waals surface area contributed by atoms with Crippen molar-refractivity contribution in [3.8, 4) is 0 Å². The van der Waals surface area contributed by atoms with Crippen LogP contribution in [-0.4, -0.2) is 65.7 Å². The minimum Gasteiger partial charge on any atom is -0.469 e. The van der Waals surface area contributed by atoms with Crippen molar-refractivity contribution < 1.29 is 28.5 Å². The molecule has 0 rings (SSSR count). The minimum absolute atomic E-state index is 0.271. The largest absolute Gasteiger partial charge is 0.469 e. The van der Waals surface area contributed by atoms with E-state index < -0.39 is 0 Å². The zero-order valence-electron chi connectivity index (χ0n) is 11.6. The zero-order chi connectivity index (χ0) is 14.3. The van der Waals surface area contributed by atoms with Crippen LogP contribution in [0.1, 0.15) is 12.8 Å². The number of rotatable bonds is 12. The molecule has 0 atom stereocenters. The Kier molecular flexibility index (Phi) is 12.4. The first-order chi connectivity index (χ1) is 9.20. The predicted octanol–water partition coefficient (Wildman–Crippen LogP) is -0.265. The van der Waals surface area contributed by atoms with Gasteiger partial charge in [-0.25, -0.2) is 0 Å². The summed E-state index contributed by atoms with van der Waals surface area (Å²) < 4.78 is 19.4. The monoisotopic (exact) mass is 277 g/mol. The Morgan fingerprint density at radius 2 is 1.21 bits per heavy atom. The molecular weight excluding hydrogens is 254 g/mol. The molecule has 0 bridgehead atoms. The van der Waals surface area contributed by atoms with Gasteiger partial charge >= 0.3 is 11.9 Å². The van der Waals surface area contributed by atoms with Gasteiger partial charge in [0.2, 0.25) is 0 Å². The first kappa shape index (κ1) is 17.8. The summed E-state index contributed by atoms with van der Waals surface area (Å²) in [7, 11) is 2.70. The van der Waals surface area contributed by atoms with Crippen molar-refractivity contribution in [2.24, 2.45) is 0 Å². The molecule has 0 radical (unpaired) electrons. The number of esters is 2. The molecule has 0 amide bonds. The molecule has 0 saturated heterocycles. The fourth-order valence-corrected chi connectivity index (χ4v) is 1.13. The third kappa shape index (κ3) is 13.1. The highest BCUT2D eigenvalue weighted by Gasteiger charge is 2.00. The highest BCUT2D eigenvalue weighted by Crippen LogP contribution is 1.86. The van der Waals surface area contributed by atoms with Gasteiger partial charge in [0.15, 0.2) is 0 Å². The van der Waals surface area contributed by atoms with Gasteiger partial charge in [0.1, 0.15) is 0 Å². The molecule has 0 aliphatic carbocycles. The molecule has 19 heavy (non-hydrogen) atoms. The van der Waals surface area contributed by atoms with Gasteiger partial charge in [0.25, 0.3) is 0 Å². The molecule has 0 unspecified atom stereocenters. The smallest absolute Gasteiger partial charge is 0.307 e. The predicted molar refractivity (Wildman–Crippen MR) is 67.8 cm³/mol. The molecular formula is C12H23NO6. The molecule has 1 N–H and O–H groups in total. The van der Waals surface area contributed by atoms with E-state index in [2.05, 4.69) is 14.8 Å². The molecule has 0 spiro atoms. The maximum absolute atomic E-state index is 10.7. The number of hydrogen-bond donors (Lipinski definition) is 1. The molecule has 7 heteroatoms. The number of ether oxygens (including phenoxy) is 4. The second kappa shape index (κ2) is 13.3. The van der Waals surface area contributed by atoms with Gasteiger partial charge in [0.05, 0.1) is 53.5 Å². The van der Waals surface area contributed by atoms with Gasteiger partial charge in [-0.05, 0) is 0 Å². The average molecular weight is 277 g/mol. The van der Waals surface area contributed by atoms with Gasteiger partial charge in [-0.2, -0.15) is 0 Å². The fraction of sp³-hybridized carbons (Fsp3) is 0.833. The van der Waals surface area contributed by atoms with Gasteiger partial charge in [-0.15, -0.1) is 0 Å². The Balaban J connectivity index is 3.07. The van der Waals surface area contributed by atoms with E-state index in [0.717, 1.165) is 0 Å². The highest BCUT2D eigenvalue weighted by atomic mass is 16.5. The zero-order valence-corrected chi connectivity index (χ0v) is 11.6. The van der Waals surface area contributed by atoms with E-state index in [0.29, 0.717) is 39.5 Å². The second-order valence-corrected chi connectivity index (χ2v) is 3.63. The van der Waals surface area contributed by atoms with Crippen LogP contribution in [0.15, 0.2) is 0 Å². The van der Waals surface area contributed by atoms with Crippen molar-refractivity contribution >= 4 is 11.9 Å². The topological polar surface area (TPSA) is 83.1 Å². The molecule has 0 aromatic rings. The lowest BCUT2D eigenvalue weighted by atomic mass is 10.5. The lowest BCUT2D eigenvalue weighted by molar-refractivity contribution is -0.142. The molecule has 0 heterocycles. The van der Waals surface area contributed by atoms with E-state index >= 15 is 0 Å². The molecule has 0 aliphatic heterocycles. The second-order valence-electron chi connectivity index (χ2n) is 3.63. The molecule has 0 aliphatic rings. The fourth-order valence-electron chi connectivity index (χ4n) is 1.13. The van der Waals surface area contributed by atoms with Crippen LogP contribution >= 0.6 is 0 Å². The van der Waals surface area contributed by atoms with Crippen molar-refractivity contribution in [3.63, 3.8) is 0 Å². The average Bonchev–Trinajstić information content (AvgIpc) is 2.43. The molecule has 112 valence electrons. The Morgan fingerprint density at radius 1 is 0.789 bits per heavy atom. The number of hydrogen-bond acceptors (Lipinski definition) is 7. The van der Waals surface area contributed by atoms with Crippen LogP contribution in [0.3, 0.4) is 0 Å². The summed E-state index contributed by atoms with van der Waals surface area (Å²) in [5.41, 5.74) is 0. The summed E-state index contributed by atoms with van der Waals surface area (Å²) in [6, 6.07) is 0. The Hall–Kier alpha value is -1.18. The number of carbonyl (C=O) groups excluding carboxylic acids is 2. The minimum atomic E-state index is -0.271. The SMILES string of the molecule is COC(=O)CCOCCNCCOCCC(=O)OC. The summed E-state index contributed by atoms with van der Waals surface area (Å²) >= 11 is 0. The van der Waals surface area contributed by atoms with E-state index in [9.17, 15) is 9.59 Å². The van der Waals surface area contributed by atoms with Crippen molar-refractivity contribution in [1.82, 2.24) is 5.32 Å². The van der Waals surface area contributed by atoms with E-state index in [4.69, 9.17) is 9.47 Å². The lowest BCUT2D eigenvalue weighted by Gasteiger charge is -2.06. The van der Waals surface area contributed by atoms with Crippen LogP contribution in [-0.2, 0) is 28.5 Å². The third-order valence-corrected chi connectivity index (χ3v) is 2.20. The first-order valence-electron chi connectivity index (χ1n) is 6.20. The highest BCUT2D eigenvalue weighted by molar-refractivity contribution is 5.69. The van der Waals surface area contributed by atoms with Crippen molar-refractivity contribution in [2.45, 2.75) is 12.8 Å². The summed E-state index contributed by atoms with van der Waals surface area (Å²) in [4.78, 5) is 21.5. The summed E-state index contributed by atoms with van der Waals surface area (Å²) in [6.45, 7) is 3.15. The third-order valence-electron chi connectivity index (χ3n) is 2.20. The van der Waals surface area contributed by atoms with E-state index in [1.165, 1.54) is 14.2 Å². The van der Waals surface area contributed by atoms with Crippen LogP contribution in [0.4, 0.5) is 0 Å². The van der Waals surface area contributed by atoms with Crippen LogP contribution in [0.2, 0.25) is 0 Å². The van der Waals surface area contributed by atoms with E-state index in [1.807, 2.05) is 0 Å². The molecule has 0 saturated carbocycles. The van der Waals surface area contributed by atoms with Gasteiger partial charge in [-0.1, -0.05) is 0 Å². The van der Waals surface area contributed by atoms with Gasteiger partial charge < -0.3 is 24.3 Å². The van der Waals surface area contributed by atoms with Crippen molar-refractivity contribution in [1.29, 1.82) is 0 Å². The summed E-state index contributed by atoms with van der Waals surface area (Å²) in [5.74, 6) is -0.543. The number of nitrogens with one attached hydrogen (secondary N) is 1. The lowest BCUT2D eigenvalue weighted by Crippen LogP contribution is -2.24. The number of methoxy groups -OCH3 is 2. The standard InChI is InChI=1S/C12H23NO6/c1-16-11(14)3-7-18-9-5-13-6-10-19-8-4-12(15)17-2/h13H,3-10H2,1-2H3. The van der Waals surface area contributed by atoms with Gasteiger partial charge in [0, 0.05) is 13.1 Å². The summed E-state index contributed by atoms with van der Waals surface area (Å²) in [6.07, 6.45) is 0.542. The molecule has 0 aromatic carbocycles. The van der Waals surface area contributed by atoms with E-state index in [-0.39, 0.29) is 24.8 Å².